The highest BCUT2D eigenvalue weighted by Gasteiger charge is 2.08. The summed E-state index contributed by atoms with van der Waals surface area (Å²) >= 11 is 0. The summed E-state index contributed by atoms with van der Waals surface area (Å²) in [4.78, 5) is 0. The van der Waals surface area contributed by atoms with E-state index >= 15 is 0 Å². The zero-order valence-electron chi connectivity index (χ0n) is 12.3. The molecule has 0 saturated carbocycles. The Hall–Kier alpha value is -0.900. The Labute approximate surface area is 116 Å². The predicted octanol–water partition coefficient (Wildman–Crippen LogP) is 3.17. The fraction of sp³-hybridized carbons (Fsp3) is 0.625. The Morgan fingerprint density at radius 2 is 1.63 bits per heavy atom. The third kappa shape index (κ3) is 6.71. The van der Waals surface area contributed by atoms with Crippen LogP contribution >= 0.6 is 0 Å². The van der Waals surface area contributed by atoms with E-state index in [1.165, 1.54) is 0 Å². The second-order valence-electron chi connectivity index (χ2n) is 4.98. The average Bonchev–Trinajstić information content (AvgIpc) is 2.36. The molecule has 0 fully saturated rings. The van der Waals surface area contributed by atoms with Crippen LogP contribution in [0, 0.1) is 13.8 Å². The van der Waals surface area contributed by atoms with Crippen LogP contribution in [-0.2, 0) is 9.47 Å². The van der Waals surface area contributed by atoms with Gasteiger partial charge < -0.3 is 14.6 Å². The van der Waals surface area contributed by atoms with Crippen LogP contribution in [0.25, 0.3) is 0 Å². The number of rotatable bonds is 9. The molecular formula is C16H26O3. The van der Waals surface area contributed by atoms with Gasteiger partial charge in [0.1, 0.15) is 6.10 Å². The van der Waals surface area contributed by atoms with Gasteiger partial charge in [-0.05, 0) is 25.8 Å². The van der Waals surface area contributed by atoms with Crippen LogP contribution in [0.2, 0.25) is 0 Å². The van der Waals surface area contributed by atoms with Gasteiger partial charge in [0.15, 0.2) is 0 Å². The van der Waals surface area contributed by atoms with Crippen molar-refractivity contribution in [1.82, 2.24) is 0 Å². The van der Waals surface area contributed by atoms with Crippen molar-refractivity contribution in [2.75, 3.05) is 26.4 Å². The number of hydrogen-bond acceptors (Lipinski definition) is 3. The first-order valence-electron chi connectivity index (χ1n) is 7.05. The fourth-order valence-electron chi connectivity index (χ4n) is 1.96. The first-order chi connectivity index (χ1) is 9.13. The lowest BCUT2D eigenvalue weighted by Gasteiger charge is -2.13. The smallest absolute Gasteiger partial charge is 0.102 e. The van der Waals surface area contributed by atoms with E-state index in [2.05, 4.69) is 13.0 Å². The fourth-order valence-corrected chi connectivity index (χ4v) is 1.96. The molecule has 3 nitrogen and oxygen atoms in total. The van der Waals surface area contributed by atoms with Crippen molar-refractivity contribution in [1.29, 1.82) is 0 Å². The Morgan fingerprint density at radius 3 is 2.26 bits per heavy atom. The summed E-state index contributed by atoms with van der Waals surface area (Å²) in [5.41, 5.74) is 3.25. The van der Waals surface area contributed by atoms with Crippen molar-refractivity contribution in [2.45, 2.75) is 39.7 Å². The normalized spacial score (nSPS) is 12.6. The van der Waals surface area contributed by atoms with Gasteiger partial charge in [-0.15, -0.1) is 0 Å². The van der Waals surface area contributed by atoms with E-state index in [1.807, 2.05) is 26.0 Å². The third-order valence-electron chi connectivity index (χ3n) is 2.92. The van der Waals surface area contributed by atoms with Crippen molar-refractivity contribution < 1.29 is 14.6 Å². The zero-order chi connectivity index (χ0) is 14.1. The van der Waals surface area contributed by atoms with Crippen molar-refractivity contribution >= 4 is 0 Å². The van der Waals surface area contributed by atoms with Crippen LogP contribution in [0.1, 0.15) is 42.6 Å². The van der Waals surface area contributed by atoms with Crippen LogP contribution in [0.4, 0.5) is 0 Å². The molecule has 0 aromatic heterocycles. The molecule has 1 rings (SSSR count). The molecule has 0 amide bonds. The summed E-state index contributed by atoms with van der Waals surface area (Å²) in [5, 5.41) is 10.0. The molecule has 0 heterocycles. The molecule has 0 spiro atoms. The molecule has 0 saturated heterocycles. The highest BCUT2D eigenvalue weighted by Crippen LogP contribution is 2.17. The van der Waals surface area contributed by atoms with Crippen molar-refractivity contribution in [2.24, 2.45) is 0 Å². The van der Waals surface area contributed by atoms with Gasteiger partial charge in [-0.2, -0.15) is 0 Å². The molecule has 1 unspecified atom stereocenters. The van der Waals surface area contributed by atoms with E-state index in [1.54, 1.807) is 0 Å². The molecule has 1 atom stereocenters. The van der Waals surface area contributed by atoms with Gasteiger partial charge in [-0.3, -0.25) is 0 Å². The van der Waals surface area contributed by atoms with Crippen molar-refractivity contribution in [3.05, 3.63) is 34.9 Å². The highest BCUT2D eigenvalue weighted by atomic mass is 16.5. The lowest BCUT2D eigenvalue weighted by molar-refractivity contribution is 0.00272. The second kappa shape index (κ2) is 9.08. The lowest BCUT2D eigenvalue weighted by Crippen LogP contribution is -2.12. The molecule has 0 radical (unpaired) electrons. The molecule has 3 heteroatoms. The Kier molecular flexibility index (Phi) is 7.72. The van der Waals surface area contributed by atoms with Crippen LogP contribution in [0.3, 0.4) is 0 Å². The molecule has 108 valence electrons. The van der Waals surface area contributed by atoms with Crippen LogP contribution in [0.5, 0.6) is 0 Å². The molecule has 0 aliphatic rings. The second-order valence-corrected chi connectivity index (χ2v) is 4.98. The summed E-state index contributed by atoms with van der Waals surface area (Å²) < 4.78 is 10.8. The summed E-state index contributed by atoms with van der Waals surface area (Å²) in [5.74, 6) is 0. The molecule has 0 aliphatic heterocycles. The number of benzene rings is 1. The Morgan fingerprint density at radius 1 is 1.00 bits per heavy atom. The Bertz CT molecular complexity index is 343. The zero-order valence-corrected chi connectivity index (χ0v) is 12.3. The van der Waals surface area contributed by atoms with E-state index < -0.39 is 6.10 Å². The van der Waals surface area contributed by atoms with Gasteiger partial charge in [0.2, 0.25) is 0 Å². The maximum absolute atomic E-state index is 10.0. The van der Waals surface area contributed by atoms with Crippen LogP contribution in [0.15, 0.2) is 18.2 Å². The minimum atomic E-state index is -0.561. The number of aliphatic hydroxyl groups excluding tert-OH is 1. The van der Waals surface area contributed by atoms with E-state index in [9.17, 15) is 5.11 Å². The summed E-state index contributed by atoms with van der Waals surface area (Å²) in [6, 6.07) is 6.09. The highest BCUT2D eigenvalue weighted by molar-refractivity contribution is 5.29. The molecule has 1 aromatic carbocycles. The predicted molar refractivity (Wildman–Crippen MR) is 77.4 cm³/mol. The van der Waals surface area contributed by atoms with E-state index in [-0.39, 0.29) is 0 Å². The van der Waals surface area contributed by atoms with Gasteiger partial charge in [-0.1, -0.05) is 42.7 Å². The topological polar surface area (TPSA) is 38.7 Å². The van der Waals surface area contributed by atoms with Gasteiger partial charge in [0.25, 0.3) is 0 Å². The van der Waals surface area contributed by atoms with E-state index in [0.717, 1.165) is 36.1 Å². The van der Waals surface area contributed by atoms with Gasteiger partial charge in [0.05, 0.1) is 19.8 Å². The van der Waals surface area contributed by atoms with Crippen molar-refractivity contribution in [3.63, 3.8) is 0 Å². The standard InChI is InChI=1S/C16H26O3/c1-4-5-6-18-7-8-19-12-16(17)15-10-13(2)9-14(3)11-15/h9-11,16-17H,4-8,12H2,1-3H3. The summed E-state index contributed by atoms with van der Waals surface area (Å²) in [7, 11) is 0. The molecular weight excluding hydrogens is 240 g/mol. The lowest BCUT2D eigenvalue weighted by atomic mass is 10.0. The first-order valence-corrected chi connectivity index (χ1v) is 7.05. The maximum Gasteiger partial charge on any atom is 0.102 e. The number of ether oxygens (including phenoxy) is 2. The molecule has 0 aliphatic carbocycles. The molecule has 19 heavy (non-hydrogen) atoms. The van der Waals surface area contributed by atoms with E-state index in [0.29, 0.717) is 19.8 Å². The largest absolute Gasteiger partial charge is 0.386 e. The summed E-state index contributed by atoms with van der Waals surface area (Å²) in [6.45, 7) is 8.45. The monoisotopic (exact) mass is 266 g/mol. The average molecular weight is 266 g/mol. The first kappa shape index (κ1) is 16.2. The quantitative estimate of drug-likeness (QED) is 0.698. The number of aliphatic hydroxyl groups is 1. The maximum atomic E-state index is 10.0. The number of unbranched alkanes of at least 4 members (excludes halogenated alkanes) is 1. The SMILES string of the molecule is CCCCOCCOCC(O)c1cc(C)cc(C)c1. The minimum absolute atomic E-state index is 0.319. The van der Waals surface area contributed by atoms with Gasteiger partial charge in [-0.25, -0.2) is 0 Å². The van der Waals surface area contributed by atoms with Gasteiger partial charge in [0, 0.05) is 6.61 Å². The van der Waals surface area contributed by atoms with Crippen LogP contribution in [-0.4, -0.2) is 31.5 Å². The third-order valence-corrected chi connectivity index (χ3v) is 2.92. The Balaban J connectivity index is 2.22. The van der Waals surface area contributed by atoms with Gasteiger partial charge >= 0.3 is 0 Å². The van der Waals surface area contributed by atoms with Crippen LogP contribution < -0.4 is 0 Å². The number of hydrogen-bond donors (Lipinski definition) is 1. The summed E-state index contributed by atoms with van der Waals surface area (Å²) in [6.07, 6.45) is 1.67. The van der Waals surface area contributed by atoms with E-state index in [4.69, 9.17) is 9.47 Å². The van der Waals surface area contributed by atoms with Crippen molar-refractivity contribution in [3.8, 4) is 0 Å². The molecule has 1 aromatic rings. The minimum Gasteiger partial charge on any atom is -0.386 e. The number of aryl methyl sites for hydroxylation is 2. The molecule has 1 N–H and O–H groups in total. The molecule has 0 bridgehead atoms.